The molecule has 0 heterocycles. The predicted octanol–water partition coefficient (Wildman–Crippen LogP) is 3.12. The van der Waals surface area contributed by atoms with Crippen LogP contribution in [0.2, 0.25) is 0 Å². The molecule has 132 valence electrons. The smallest absolute Gasteiger partial charge is 0.404 e. The van der Waals surface area contributed by atoms with E-state index in [-0.39, 0.29) is 12.5 Å². The number of fused-ring (bicyclic) bond motifs is 1. The maximum absolute atomic E-state index is 12.5. The van der Waals surface area contributed by atoms with Crippen molar-refractivity contribution in [1.82, 2.24) is 10.6 Å². The van der Waals surface area contributed by atoms with E-state index in [4.69, 9.17) is 10.8 Å². The van der Waals surface area contributed by atoms with Crippen LogP contribution >= 0.6 is 0 Å². The summed E-state index contributed by atoms with van der Waals surface area (Å²) >= 11 is 0. The van der Waals surface area contributed by atoms with Gasteiger partial charge in [0.15, 0.2) is 0 Å². The quantitative estimate of drug-likeness (QED) is 0.531. The Hall–Kier alpha value is -3.54. The highest BCUT2D eigenvalue weighted by molar-refractivity contribution is 6.07. The highest BCUT2D eigenvalue weighted by atomic mass is 16.4. The Kier molecular flexibility index (Phi) is 5.03. The minimum absolute atomic E-state index is 0.156. The molecule has 0 aliphatic rings. The summed E-state index contributed by atoms with van der Waals surface area (Å²) in [7, 11) is 0. The van der Waals surface area contributed by atoms with E-state index in [9.17, 15) is 9.59 Å². The molecule has 0 saturated carbocycles. The van der Waals surface area contributed by atoms with Gasteiger partial charge in [-0.15, -0.1) is 0 Å². The Bertz CT molecular complexity index is 952. The number of hydrogen-bond donors (Lipinski definition) is 4. The van der Waals surface area contributed by atoms with E-state index in [0.717, 1.165) is 21.9 Å². The molecule has 3 aromatic carbocycles. The van der Waals surface area contributed by atoms with Gasteiger partial charge in [-0.05, 0) is 40.1 Å². The zero-order valence-electron chi connectivity index (χ0n) is 14.0. The van der Waals surface area contributed by atoms with Crippen LogP contribution < -0.4 is 16.4 Å². The summed E-state index contributed by atoms with van der Waals surface area (Å²) in [6, 6.07) is 18.4. The molecule has 6 heteroatoms. The Morgan fingerprint density at radius 2 is 1.54 bits per heavy atom. The summed E-state index contributed by atoms with van der Waals surface area (Å²) in [5, 5.41) is 15.6. The first kappa shape index (κ1) is 17.3. The highest BCUT2D eigenvalue weighted by Gasteiger charge is 2.09. The van der Waals surface area contributed by atoms with E-state index in [1.54, 1.807) is 12.1 Å². The van der Waals surface area contributed by atoms with Gasteiger partial charge in [0, 0.05) is 24.3 Å². The van der Waals surface area contributed by atoms with Gasteiger partial charge in [-0.3, -0.25) is 4.79 Å². The minimum atomic E-state index is -1.06. The molecule has 0 aliphatic heterocycles. The first-order valence-electron chi connectivity index (χ1n) is 8.14. The zero-order chi connectivity index (χ0) is 18.5. The zero-order valence-corrected chi connectivity index (χ0v) is 14.0. The van der Waals surface area contributed by atoms with Gasteiger partial charge in [-0.25, -0.2) is 4.79 Å². The lowest BCUT2D eigenvalue weighted by Crippen LogP contribution is -2.23. The number of carboxylic acid groups (broad SMARTS) is 1. The molecule has 0 atom stereocenters. The molecule has 0 bridgehead atoms. The van der Waals surface area contributed by atoms with E-state index in [0.29, 0.717) is 17.8 Å². The van der Waals surface area contributed by atoms with Crippen LogP contribution in [0.15, 0.2) is 60.7 Å². The number of carbonyl (C=O) groups excluding carboxylic acids is 1. The second kappa shape index (κ2) is 7.57. The first-order valence-corrected chi connectivity index (χ1v) is 8.14. The number of hydrogen-bond acceptors (Lipinski definition) is 3. The number of nitrogen functional groups attached to an aromatic ring is 1. The molecule has 0 fully saturated rings. The van der Waals surface area contributed by atoms with Crippen LogP contribution in [0.25, 0.3) is 10.8 Å². The third-order valence-electron chi connectivity index (χ3n) is 4.07. The molecule has 0 saturated heterocycles. The number of anilines is 1. The molecule has 2 amide bonds. The van der Waals surface area contributed by atoms with Crippen molar-refractivity contribution in [3.8, 4) is 0 Å². The molecule has 0 spiro atoms. The molecule has 3 rings (SSSR count). The Labute approximate surface area is 150 Å². The van der Waals surface area contributed by atoms with Crippen molar-refractivity contribution < 1.29 is 14.7 Å². The van der Waals surface area contributed by atoms with Crippen LogP contribution in [-0.2, 0) is 13.1 Å². The lowest BCUT2D eigenvalue weighted by Gasteiger charge is -2.09. The largest absolute Gasteiger partial charge is 0.465 e. The summed E-state index contributed by atoms with van der Waals surface area (Å²) in [6.45, 7) is 0.637. The van der Waals surface area contributed by atoms with Gasteiger partial charge in [0.2, 0.25) is 0 Å². The van der Waals surface area contributed by atoms with Crippen LogP contribution in [0, 0.1) is 0 Å². The Balaban J connectivity index is 1.66. The van der Waals surface area contributed by atoms with Gasteiger partial charge in [-0.2, -0.15) is 0 Å². The third-order valence-corrected chi connectivity index (χ3v) is 4.07. The van der Waals surface area contributed by atoms with Gasteiger partial charge in [0.1, 0.15) is 0 Å². The van der Waals surface area contributed by atoms with E-state index >= 15 is 0 Å². The van der Waals surface area contributed by atoms with Crippen LogP contribution in [0.3, 0.4) is 0 Å². The van der Waals surface area contributed by atoms with Crippen LogP contribution in [0.4, 0.5) is 10.5 Å². The minimum Gasteiger partial charge on any atom is -0.465 e. The van der Waals surface area contributed by atoms with Gasteiger partial charge >= 0.3 is 6.09 Å². The van der Waals surface area contributed by atoms with Crippen molar-refractivity contribution in [2.24, 2.45) is 0 Å². The topological polar surface area (TPSA) is 104 Å². The number of benzene rings is 3. The van der Waals surface area contributed by atoms with Crippen molar-refractivity contribution in [2.45, 2.75) is 13.1 Å². The number of nitrogens with one attached hydrogen (secondary N) is 2. The second-order valence-corrected chi connectivity index (χ2v) is 5.94. The molecule has 5 N–H and O–H groups in total. The van der Waals surface area contributed by atoms with Crippen molar-refractivity contribution in [1.29, 1.82) is 0 Å². The van der Waals surface area contributed by atoms with Gasteiger partial charge in [0.25, 0.3) is 5.91 Å². The molecular weight excluding hydrogens is 330 g/mol. The summed E-state index contributed by atoms with van der Waals surface area (Å²) in [4.78, 5) is 23.0. The maximum Gasteiger partial charge on any atom is 0.404 e. The molecule has 0 aliphatic carbocycles. The average molecular weight is 349 g/mol. The molecule has 0 radical (unpaired) electrons. The van der Waals surface area contributed by atoms with Crippen LogP contribution in [0.5, 0.6) is 0 Å². The summed E-state index contributed by atoms with van der Waals surface area (Å²) < 4.78 is 0. The van der Waals surface area contributed by atoms with Crippen molar-refractivity contribution in [2.75, 3.05) is 5.73 Å². The monoisotopic (exact) mass is 349 g/mol. The number of carbonyl (C=O) groups is 2. The first-order chi connectivity index (χ1) is 12.5. The lowest BCUT2D eigenvalue weighted by molar-refractivity contribution is 0.0952. The third kappa shape index (κ3) is 4.10. The summed E-state index contributed by atoms with van der Waals surface area (Å²) in [5.74, 6) is -0.156. The highest BCUT2D eigenvalue weighted by Crippen LogP contribution is 2.21. The maximum atomic E-state index is 12.5. The second-order valence-electron chi connectivity index (χ2n) is 5.94. The Morgan fingerprint density at radius 3 is 2.19 bits per heavy atom. The summed E-state index contributed by atoms with van der Waals surface area (Å²) in [6.07, 6.45) is -1.06. The molecule has 0 unspecified atom stereocenters. The van der Waals surface area contributed by atoms with Crippen molar-refractivity contribution >= 4 is 28.5 Å². The van der Waals surface area contributed by atoms with E-state index < -0.39 is 6.09 Å². The molecule has 26 heavy (non-hydrogen) atoms. The summed E-state index contributed by atoms with van der Waals surface area (Å²) in [5.41, 5.74) is 8.85. The number of amides is 2. The van der Waals surface area contributed by atoms with Gasteiger partial charge in [-0.1, -0.05) is 42.5 Å². The predicted molar refractivity (Wildman–Crippen MR) is 101 cm³/mol. The fourth-order valence-electron chi connectivity index (χ4n) is 2.73. The van der Waals surface area contributed by atoms with Crippen molar-refractivity contribution in [3.63, 3.8) is 0 Å². The molecule has 0 aromatic heterocycles. The Morgan fingerprint density at radius 1 is 0.885 bits per heavy atom. The lowest BCUT2D eigenvalue weighted by atomic mass is 10.0. The fourth-order valence-corrected chi connectivity index (χ4v) is 2.73. The van der Waals surface area contributed by atoms with Crippen LogP contribution in [-0.4, -0.2) is 17.1 Å². The molecule has 6 nitrogen and oxygen atoms in total. The van der Waals surface area contributed by atoms with E-state index in [1.165, 1.54) is 0 Å². The van der Waals surface area contributed by atoms with E-state index in [2.05, 4.69) is 10.6 Å². The molecular formula is C20H19N3O3. The number of nitrogens with two attached hydrogens (primary N) is 1. The standard InChI is InChI=1S/C20H19N3O3/c21-16-8-9-17-15(10-16)2-1-3-18(17)19(24)22-11-13-4-6-14(7-5-13)12-23-20(25)26/h1-10,23H,11-12,21H2,(H,22,24)(H,25,26). The van der Waals surface area contributed by atoms with Crippen molar-refractivity contribution in [3.05, 3.63) is 77.4 Å². The fraction of sp³-hybridized carbons (Fsp3) is 0.100. The van der Waals surface area contributed by atoms with Gasteiger partial charge < -0.3 is 21.5 Å². The van der Waals surface area contributed by atoms with Gasteiger partial charge in [0.05, 0.1) is 0 Å². The SMILES string of the molecule is Nc1ccc2c(C(=O)NCc3ccc(CNC(=O)O)cc3)cccc2c1. The molecule has 3 aromatic rings. The van der Waals surface area contributed by atoms with E-state index in [1.807, 2.05) is 48.5 Å². The normalized spacial score (nSPS) is 10.5. The number of rotatable bonds is 5. The average Bonchev–Trinajstić information content (AvgIpc) is 2.64. The van der Waals surface area contributed by atoms with Crippen LogP contribution in [0.1, 0.15) is 21.5 Å².